The molecule has 192 valence electrons. The Balaban J connectivity index is 1.53. The average Bonchev–Trinajstić information content (AvgIpc) is 2.77. The zero-order valence-electron chi connectivity index (χ0n) is 21.4. The largest absolute Gasteiger partial charge is 0.508 e. The lowest BCUT2D eigenvalue weighted by molar-refractivity contribution is 0.243. The van der Waals surface area contributed by atoms with Crippen LogP contribution in [-0.4, -0.2) is 91.3 Å². The van der Waals surface area contributed by atoms with E-state index in [-0.39, 0.29) is 21.9 Å². The number of likely N-dealkylation sites (N-methyl/N-ethyl adjacent to an activating group) is 2. The maximum absolute atomic E-state index is 16.5. The molecule has 4 aromatic rings. The third-order valence-electron chi connectivity index (χ3n) is 7.73. The molecule has 2 saturated heterocycles. The molecule has 1 N–H and O–H groups in total. The van der Waals surface area contributed by atoms with Gasteiger partial charge in [0.15, 0.2) is 5.82 Å². The highest BCUT2D eigenvalue weighted by Crippen LogP contribution is 2.43. The van der Waals surface area contributed by atoms with E-state index in [0.29, 0.717) is 34.8 Å². The number of rotatable bonds is 5. The third kappa shape index (κ3) is 4.04. The first kappa shape index (κ1) is 24.2. The zero-order valence-corrected chi connectivity index (χ0v) is 22.2. The molecule has 3 aromatic carbocycles. The molecule has 2 fully saturated rings. The predicted octanol–water partition coefficient (Wildman–Crippen LogP) is 4.45. The van der Waals surface area contributed by atoms with Crippen molar-refractivity contribution in [3.05, 3.63) is 53.3 Å². The number of hydrogen-bond donors (Lipinski definition) is 1. The van der Waals surface area contributed by atoms with Crippen LogP contribution in [0.2, 0.25) is 5.02 Å². The third-order valence-corrected chi connectivity index (χ3v) is 8.03. The molecule has 0 unspecified atom stereocenters. The number of phenolic OH excluding ortho intramolecular Hbond substituents is 1. The molecule has 0 radical (unpaired) electrons. The molecule has 0 atom stereocenters. The van der Waals surface area contributed by atoms with E-state index >= 15 is 4.39 Å². The summed E-state index contributed by atoms with van der Waals surface area (Å²) in [6.07, 6.45) is 0. The fourth-order valence-electron chi connectivity index (χ4n) is 5.20. The van der Waals surface area contributed by atoms with Crippen molar-refractivity contribution in [1.82, 2.24) is 19.8 Å². The van der Waals surface area contributed by atoms with Gasteiger partial charge < -0.3 is 24.7 Å². The molecule has 0 aliphatic carbocycles. The van der Waals surface area contributed by atoms with Gasteiger partial charge in [-0.15, -0.1) is 0 Å². The van der Waals surface area contributed by atoms with E-state index in [2.05, 4.69) is 47.8 Å². The first-order valence-electron chi connectivity index (χ1n) is 12.5. The van der Waals surface area contributed by atoms with Crippen LogP contribution in [0, 0.1) is 5.82 Å². The van der Waals surface area contributed by atoms with Gasteiger partial charge in [-0.3, -0.25) is 0 Å². The molecular weight excluding hydrogens is 491 g/mol. The number of fused-ring (bicyclic) bond motifs is 2. The SMILES string of the molecule is CN(C)C1CN(c2nc(N3CC(N(C)C)C3)c3cc(Cl)c(-c4cc(O)cc5ccccc45)c(F)c3n2)C1. The second-order valence-electron chi connectivity index (χ2n) is 10.6. The summed E-state index contributed by atoms with van der Waals surface area (Å²) in [7, 11) is 8.25. The summed E-state index contributed by atoms with van der Waals surface area (Å²) in [5.41, 5.74) is 1.02. The van der Waals surface area contributed by atoms with Crippen molar-refractivity contribution in [2.24, 2.45) is 0 Å². The van der Waals surface area contributed by atoms with E-state index in [1.54, 1.807) is 18.2 Å². The molecule has 2 aliphatic heterocycles. The molecule has 1 aromatic heterocycles. The van der Waals surface area contributed by atoms with Crippen molar-refractivity contribution in [1.29, 1.82) is 0 Å². The number of hydrogen-bond acceptors (Lipinski definition) is 7. The summed E-state index contributed by atoms with van der Waals surface area (Å²) in [6, 6.07) is 13.4. The van der Waals surface area contributed by atoms with E-state index in [1.165, 1.54) is 0 Å². The van der Waals surface area contributed by atoms with Crippen molar-refractivity contribution in [3.63, 3.8) is 0 Å². The Labute approximate surface area is 220 Å². The van der Waals surface area contributed by atoms with Crippen LogP contribution >= 0.6 is 11.6 Å². The number of benzene rings is 3. The van der Waals surface area contributed by atoms with Gasteiger partial charge >= 0.3 is 0 Å². The van der Waals surface area contributed by atoms with Gasteiger partial charge in [-0.25, -0.2) is 9.37 Å². The molecule has 7 nitrogen and oxygen atoms in total. The van der Waals surface area contributed by atoms with E-state index in [9.17, 15) is 5.11 Å². The van der Waals surface area contributed by atoms with E-state index in [4.69, 9.17) is 21.6 Å². The number of aromatic nitrogens is 2. The van der Waals surface area contributed by atoms with Crippen LogP contribution in [0.1, 0.15) is 0 Å². The second-order valence-corrected chi connectivity index (χ2v) is 11.0. The predicted molar refractivity (Wildman–Crippen MR) is 148 cm³/mol. The maximum Gasteiger partial charge on any atom is 0.228 e. The summed E-state index contributed by atoms with van der Waals surface area (Å²) < 4.78 is 16.5. The van der Waals surface area contributed by atoms with Crippen LogP contribution in [0.25, 0.3) is 32.8 Å². The van der Waals surface area contributed by atoms with Gasteiger partial charge in [0.05, 0.1) is 5.02 Å². The summed E-state index contributed by atoms with van der Waals surface area (Å²) in [5, 5.41) is 12.9. The molecule has 9 heteroatoms. The second kappa shape index (κ2) is 8.97. The Kier molecular flexibility index (Phi) is 5.86. The normalized spacial score (nSPS) is 16.8. The van der Waals surface area contributed by atoms with E-state index in [0.717, 1.165) is 37.0 Å². The fourth-order valence-corrected chi connectivity index (χ4v) is 5.49. The van der Waals surface area contributed by atoms with Gasteiger partial charge in [-0.05, 0) is 62.7 Å². The number of aromatic hydroxyl groups is 1. The van der Waals surface area contributed by atoms with Gasteiger partial charge in [0.2, 0.25) is 5.95 Å². The number of anilines is 2. The fraction of sp³-hybridized carbons (Fsp3) is 0.357. The van der Waals surface area contributed by atoms with Gasteiger partial charge in [0, 0.05) is 49.2 Å². The topological polar surface area (TPSA) is 59.0 Å². The molecule has 2 aliphatic rings. The van der Waals surface area contributed by atoms with Gasteiger partial charge in [-0.2, -0.15) is 4.98 Å². The molecule has 0 amide bonds. The number of phenols is 1. The lowest BCUT2D eigenvalue weighted by Gasteiger charge is -2.45. The van der Waals surface area contributed by atoms with Crippen LogP contribution in [0.5, 0.6) is 5.75 Å². The molecular formula is C28H30ClFN6O. The Morgan fingerprint density at radius 1 is 0.892 bits per heavy atom. The number of halogens is 2. The van der Waals surface area contributed by atoms with Crippen LogP contribution in [0.4, 0.5) is 16.2 Å². The monoisotopic (exact) mass is 520 g/mol. The standard InChI is InChI=1S/C28H30ClFN6O/c1-33(2)17-12-35(13-17)27-22-11-23(29)24(21-10-19(37)9-16-7-5-6-8-20(16)21)25(30)26(22)31-28(32-27)36-14-18(15-36)34(3)4/h5-11,17-18,37H,12-15H2,1-4H3. The summed E-state index contributed by atoms with van der Waals surface area (Å²) >= 11 is 6.79. The summed E-state index contributed by atoms with van der Waals surface area (Å²) in [5.74, 6) is 0.790. The summed E-state index contributed by atoms with van der Waals surface area (Å²) in [4.78, 5) is 18.3. The van der Waals surface area contributed by atoms with Crippen molar-refractivity contribution >= 4 is 45.0 Å². The van der Waals surface area contributed by atoms with Crippen molar-refractivity contribution in [2.75, 3.05) is 64.2 Å². The first-order chi connectivity index (χ1) is 17.7. The summed E-state index contributed by atoms with van der Waals surface area (Å²) in [6.45, 7) is 3.18. The highest BCUT2D eigenvalue weighted by Gasteiger charge is 2.35. The highest BCUT2D eigenvalue weighted by molar-refractivity contribution is 6.35. The molecule has 3 heterocycles. The molecule has 6 rings (SSSR count). The maximum atomic E-state index is 16.5. The van der Waals surface area contributed by atoms with Crippen LogP contribution in [-0.2, 0) is 0 Å². The Morgan fingerprint density at radius 3 is 2.22 bits per heavy atom. The zero-order chi connectivity index (χ0) is 26.0. The Hall–Kier alpha value is -3.20. The molecule has 0 spiro atoms. The van der Waals surface area contributed by atoms with Crippen molar-refractivity contribution < 1.29 is 9.50 Å². The minimum atomic E-state index is -0.502. The minimum Gasteiger partial charge on any atom is -0.508 e. The van der Waals surface area contributed by atoms with Gasteiger partial charge in [0.1, 0.15) is 17.1 Å². The van der Waals surface area contributed by atoms with Gasteiger partial charge in [0.25, 0.3) is 0 Å². The average molecular weight is 521 g/mol. The molecule has 0 bridgehead atoms. The highest BCUT2D eigenvalue weighted by atomic mass is 35.5. The van der Waals surface area contributed by atoms with E-state index in [1.807, 2.05) is 24.3 Å². The van der Waals surface area contributed by atoms with Crippen LogP contribution < -0.4 is 9.80 Å². The molecule has 37 heavy (non-hydrogen) atoms. The van der Waals surface area contributed by atoms with E-state index < -0.39 is 5.82 Å². The van der Waals surface area contributed by atoms with Crippen molar-refractivity contribution in [2.45, 2.75) is 12.1 Å². The first-order valence-corrected chi connectivity index (χ1v) is 12.8. The van der Waals surface area contributed by atoms with Gasteiger partial charge in [-0.1, -0.05) is 35.9 Å². The smallest absolute Gasteiger partial charge is 0.228 e. The number of nitrogens with zero attached hydrogens (tertiary/aromatic N) is 6. The van der Waals surface area contributed by atoms with Crippen LogP contribution in [0.15, 0.2) is 42.5 Å². The Morgan fingerprint density at radius 2 is 1.54 bits per heavy atom. The Bertz CT molecular complexity index is 1510. The lowest BCUT2D eigenvalue weighted by atomic mass is 9.96. The quantitative estimate of drug-likeness (QED) is 0.417. The van der Waals surface area contributed by atoms with Crippen molar-refractivity contribution in [3.8, 4) is 16.9 Å². The molecule has 0 saturated carbocycles. The van der Waals surface area contributed by atoms with Crippen LogP contribution in [0.3, 0.4) is 0 Å². The minimum absolute atomic E-state index is 0.0546. The lowest BCUT2D eigenvalue weighted by Crippen LogP contribution is -2.59.